The molecule has 1 aromatic heterocycles. The summed E-state index contributed by atoms with van der Waals surface area (Å²) in [6.07, 6.45) is 2.80. The molecule has 0 aliphatic carbocycles. The molecule has 0 saturated carbocycles. The number of nitrogens with zero attached hydrogens (tertiary/aromatic N) is 3. The van der Waals surface area contributed by atoms with Gasteiger partial charge in [-0.15, -0.1) is 5.10 Å². The summed E-state index contributed by atoms with van der Waals surface area (Å²) in [5.41, 5.74) is 7.96. The van der Waals surface area contributed by atoms with Crippen LogP contribution in [-0.2, 0) is 6.54 Å². The molecule has 4 nitrogen and oxygen atoms in total. The molecule has 0 spiro atoms. The maximum atomic E-state index is 5.89. The van der Waals surface area contributed by atoms with Gasteiger partial charge < -0.3 is 5.73 Å². The second kappa shape index (κ2) is 4.90. The Labute approximate surface area is 95.1 Å². The standard InChI is InChI=1S/C12H16N4/c1-2-11(13)12-9-16(15-14-12)8-10-6-4-3-5-7-10/h3-7,9,11H,2,8,13H2,1H3/t11-/m0/s1. The lowest BCUT2D eigenvalue weighted by Crippen LogP contribution is -2.08. The third kappa shape index (κ3) is 2.46. The fraction of sp³-hybridized carbons (Fsp3) is 0.333. The third-order valence-electron chi connectivity index (χ3n) is 2.56. The monoisotopic (exact) mass is 216 g/mol. The smallest absolute Gasteiger partial charge is 0.0994 e. The van der Waals surface area contributed by atoms with Crippen LogP contribution in [0.15, 0.2) is 36.5 Å². The van der Waals surface area contributed by atoms with Crippen molar-refractivity contribution in [3.63, 3.8) is 0 Å². The van der Waals surface area contributed by atoms with Gasteiger partial charge in [0.1, 0.15) is 0 Å². The van der Waals surface area contributed by atoms with Crippen molar-refractivity contribution in [2.45, 2.75) is 25.9 Å². The molecule has 0 bridgehead atoms. The normalized spacial score (nSPS) is 12.6. The molecule has 2 rings (SSSR count). The molecular weight excluding hydrogens is 200 g/mol. The summed E-state index contributed by atoms with van der Waals surface area (Å²) in [5, 5.41) is 8.14. The molecule has 1 aromatic carbocycles. The predicted octanol–water partition coefficient (Wildman–Crippen LogP) is 1.74. The molecule has 0 unspecified atom stereocenters. The predicted molar refractivity (Wildman–Crippen MR) is 62.8 cm³/mol. The number of aromatic nitrogens is 3. The number of hydrogen-bond donors (Lipinski definition) is 1. The van der Waals surface area contributed by atoms with Crippen molar-refractivity contribution < 1.29 is 0 Å². The van der Waals surface area contributed by atoms with E-state index < -0.39 is 0 Å². The highest BCUT2D eigenvalue weighted by molar-refractivity contribution is 5.15. The lowest BCUT2D eigenvalue weighted by molar-refractivity contribution is 0.644. The largest absolute Gasteiger partial charge is 0.323 e. The molecule has 1 atom stereocenters. The fourth-order valence-corrected chi connectivity index (χ4v) is 1.54. The van der Waals surface area contributed by atoms with Gasteiger partial charge in [-0.2, -0.15) is 0 Å². The zero-order valence-corrected chi connectivity index (χ0v) is 9.37. The number of hydrogen-bond acceptors (Lipinski definition) is 3. The van der Waals surface area contributed by atoms with Crippen LogP contribution in [0.3, 0.4) is 0 Å². The Morgan fingerprint density at radius 3 is 2.75 bits per heavy atom. The van der Waals surface area contributed by atoms with Gasteiger partial charge in [-0.25, -0.2) is 4.68 Å². The highest BCUT2D eigenvalue weighted by Gasteiger charge is 2.07. The summed E-state index contributed by atoms with van der Waals surface area (Å²) < 4.78 is 1.82. The minimum atomic E-state index is -0.00970. The summed E-state index contributed by atoms with van der Waals surface area (Å²) in [6.45, 7) is 2.78. The minimum Gasteiger partial charge on any atom is -0.323 e. The Kier molecular flexibility index (Phi) is 3.31. The Hall–Kier alpha value is -1.68. The molecule has 0 fully saturated rings. The van der Waals surface area contributed by atoms with E-state index in [1.807, 2.05) is 36.0 Å². The van der Waals surface area contributed by atoms with Crippen LogP contribution in [-0.4, -0.2) is 15.0 Å². The van der Waals surface area contributed by atoms with Crippen LogP contribution < -0.4 is 5.73 Å². The Morgan fingerprint density at radius 2 is 2.06 bits per heavy atom. The SMILES string of the molecule is CC[C@H](N)c1cn(Cc2ccccc2)nn1. The maximum absolute atomic E-state index is 5.89. The molecule has 84 valence electrons. The summed E-state index contributed by atoms with van der Waals surface area (Å²) in [5.74, 6) is 0. The second-order valence-electron chi connectivity index (χ2n) is 3.84. The minimum absolute atomic E-state index is 0.00970. The Balaban J connectivity index is 2.09. The lowest BCUT2D eigenvalue weighted by atomic mass is 10.2. The average molecular weight is 216 g/mol. The lowest BCUT2D eigenvalue weighted by Gasteiger charge is -2.02. The molecule has 1 heterocycles. The van der Waals surface area contributed by atoms with Gasteiger partial charge in [-0.05, 0) is 12.0 Å². The van der Waals surface area contributed by atoms with Gasteiger partial charge >= 0.3 is 0 Å². The van der Waals surface area contributed by atoms with E-state index in [2.05, 4.69) is 22.4 Å². The van der Waals surface area contributed by atoms with Crippen molar-refractivity contribution in [3.8, 4) is 0 Å². The van der Waals surface area contributed by atoms with Gasteiger partial charge in [0, 0.05) is 0 Å². The first-order chi connectivity index (χ1) is 7.79. The first-order valence-electron chi connectivity index (χ1n) is 5.49. The fourth-order valence-electron chi connectivity index (χ4n) is 1.54. The zero-order chi connectivity index (χ0) is 11.4. The first-order valence-corrected chi connectivity index (χ1v) is 5.49. The molecule has 0 aliphatic heterocycles. The summed E-state index contributed by atoms with van der Waals surface area (Å²) in [4.78, 5) is 0. The number of nitrogens with two attached hydrogens (primary N) is 1. The third-order valence-corrected chi connectivity index (χ3v) is 2.56. The van der Waals surface area contributed by atoms with Crippen molar-refractivity contribution in [2.75, 3.05) is 0 Å². The molecule has 0 radical (unpaired) electrons. The Bertz CT molecular complexity index is 435. The van der Waals surface area contributed by atoms with E-state index >= 15 is 0 Å². The van der Waals surface area contributed by atoms with E-state index in [4.69, 9.17) is 5.73 Å². The number of rotatable bonds is 4. The van der Waals surface area contributed by atoms with E-state index in [1.165, 1.54) is 5.56 Å². The molecule has 2 N–H and O–H groups in total. The van der Waals surface area contributed by atoms with Crippen molar-refractivity contribution in [2.24, 2.45) is 5.73 Å². The van der Waals surface area contributed by atoms with Crippen molar-refractivity contribution in [1.82, 2.24) is 15.0 Å². The summed E-state index contributed by atoms with van der Waals surface area (Å²) in [7, 11) is 0. The molecule has 2 aromatic rings. The van der Waals surface area contributed by atoms with E-state index in [-0.39, 0.29) is 6.04 Å². The van der Waals surface area contributed by atoms with E-state index in [0.717, 1.165) is 18.7 Å². The number of benzene rings is 1. The van der Waals surface area contributed by atoms with Gasteiger partial charge in [0.2, 0.25) is 0 Å². The molecule has 4 heteroatoms. The molecule has 0 saturated heterocycles. The molecular formula is C12H16N4. The second-order valence-corrected chi connectivity index (χ2v) is 3.84. The van der Waals surface area contributed by atoms with Crippen LogP contribution in [0.4, 0.5) is 0 Å². The molecule has 16 heavy (non-hydrogen) atoms. The maximum Gasteiger partial charge on any atom is 0.0994 e. The molecule has 0 amide bonds. The highest BCUT2D eigenvalue weighted by Crippen LogP contribution is 2.10. The van der Waals surface area contributed by atoms with Crippen LogP contribution in [0, 0.1) is 0 Å². The van der Waals surface area contributed by atoms with Crippen LogP contribution in [0.1, 0.15) is 30.6 Å². The highest BCUT2D eigenvalue weighted by atomic mass is 15.4. The van der Waals surface area contributed by atoms with E-state index in [0.29, 0.717) is 0 Å². The summed E-state index contributed by atoms with van der Waals surface area (Å²) in [6, 6.07) is 10.2. The van der Waals surface area contributed by atoms with E-state index in [9.17, 15) is 0 Å². The van der Waals surface area contributed by atoms with Crippen LogP contribution in [0.2, 0.25) is 0 Å². The Morgan fingerprint density at radius 1 is 1.31 bits per heavy atom. The molecule has 0 aliphatic rings. The first kappa shape index (κ1) is 10.8. The zero-order valence-electron chi connectivity index (χ0n) is 9.37. The topological polar surface area (TPSA) is 56.7 Å². The van der Waals surface area contributed by atoms with Crippen LogP contribution >= 0.6 is 0 Å². The van der Waals surface area contributed by atoms with E-state index in [1.54, 1.807) is 0 Å². The average Bonchev–Trinajstić information content (AvgIpc) is 2.78. The van der Waals surface area contributed by atoms with Crippen LogP contribution in [0.25, 0.3) is 0 Å². The van der Waals surface area contributed by atoms with Gasteiger partial charge in [0.05, 0.1) is 24.5 Å². The van der Waals surface area contributed by atoms with Gasteiger partial charge in [0.25, 0.3) is 0 Å². The van der Waals surface area contributed by atoms with Crippen LogP contribution in [0.5, 0.6) is 0 Å². The van der Waals surface area contributed by atoms with Crippen molar-refractivity contribution in [3.05, 3.63) is 47.8 Å². The quantitative estimate of drug-likeness (QED) is 0.846. The summed E-state index contributed by atoms with van der Waals surface area (Å²) >= 11 is 0. The van der Waals surface area contributed by atoms with Crippen molar-refractivity contribution in [1.29, 1.82) is 0 Å². The van der Waals surface area contributed by atoms with Gasteiger partial charge in [0.15, 0.2) is 0 Å². The van der Waals surface area contributed by atoms with Gasteiger partial charge in [-0.3, -0.25) is 0 Å². The van der Waals surface area contributed by atoms with Gasteiger partial charge in [-0.1, -0.05) is 42.5 Å². The van der Waals surface area contributed by atoms with Crippen molar-refractivity contribution >= 4 is 0 Å².